The van der Waals surface area contributed by atoms with Crippen LogP contribution in [0.2, 0.25) is 5.02 Å². The van der Waals surface area contributed by atoms with Crippen molar-refractivity contribution in [2.24, 2.45) is 11.1 Å². The lowest BCUT2D eigenvalue weighted by molar-refractivity contribution is -0.137. The number of aryl methyl sites for hydroxylation is 1. The number of halogens is 1. The van der Waals surface area contributed by atoms with Gasteiger partial charge in [0.15, 0.2) is 6.61 Å². The number of rotatable bonds is 3. The molecular weight excluding hydrogens is 456 g/mol. The number of hydrogen-bond donors (Lipinski definition) is 1. The predicted octanol–water partition coefficient (Wildman–Crippen LogP) is 4.98. The van der Waals surface area contributed by atoms with Crippen LogP contribution in [0, 0.1) is 12.8 Å². The van der Waals surface area contributed by atoms with Crippen LogP contribution in [0.25, 0.3) is 0 Å². The van der Waals surface area contributed by atoms with E-state index in [4.69, 9.17) is 21.2 Å². The van der Waals surface area contributed by atoms with Gasteiger partial charge in [-0.05, 0) is 68.2 Å². The van der Waals surface area contributed by atoms with Gasteiger partial charge in [0.2, 0.25) is 0 Å². The highest BCUT2D eigenvalue weighted by Crippen LogP contribution is 2.33. The molecule has 34 heavy (non-hydrogen) atoms. The molecule has 1 aromatic rings. The van der Waals surface area contributed by atoms with Crippen molar-refractivity contribution in [1.82, 2.24) is 4.90 Å². The molecule has 2 heterocycles. The Kier molecular flexibility index (Phi) is 9.57. The highest BCUT2D eigenvalue weighted by Gasteiger charge is 2.23. The molecule has 1 aromatic carbocycles. The number of phenolic OH excluding ortho intramolecular Hbond substituents is 1. The van der Waals surface area contributed by atoms with E-state index in [1.165, 1.54) is 6.07 Å². The first-order valence-electron chi connectivity index (χ1n) is 11.8. The van der Waals surface area contributed by atoms with Crippen molar-refractivity contribution in [2.45, 2.75) is 52.4 Å². The van der Waals surface area contributed by atoms with Gasteiger partial charge < -0.3 is 19.6 Å². The van der Waals surface area contributed by atoms with E-state index in [2.05, 4.69) is 12.1 Å². The van der Waals surface area contributed by atoms with Gasteiger partial charge in [-0.15, -0.1) is 0 Å². The second-order valence-electron chi connectivity index (χ2n) is 8.88. The number of carbonyl (C=O) groups is 2. The van der Waals surface area contributed by atoms with E-state index in [-0.39, 0.29) is 36.3 Å². The van der Waals surface area contributed by atoms with Crippen LogP contribution in [0.3, 0.4) is 0 Å². The van der Waals surface area contributed by atoms with Crippen LogP contribution < -0.4 is 0 Å². The lowest BCUT2D eigenvalue weighted by Gasteiger charge is -2.30. The number of piperidine rings is 1. The van der Waals surface area contributed by atoms with Gasteiger partial charge in [-0.1, -0.05) is 41.9 Å². The van der Waals surface area contributed by atoms with Crippen molar-refractivity contribution in [3.8, 4) is 5.75 Å². The summed E-state index contributed by atoms with van der Waals surface area (Å²) < 4.78 is 5.44. The van der Waals surface area contributed by atoms with Gasteiger partial charge in [0, 0.05) is 19.5 Å². The molecular formula is C26H33ClN2O5. The minimum absolute atomic E-state index is 0.0732. The molecule has 0 saturated carbocycles. The third-order valence-corrected chi connectivity index (χ3v) is 6.40. The molecule has 1 fully saturated rings. The summed E-state index contributed by atoms with van der Waals surface area (Å²) in [7, 11) is 0. The number of ether oxygens (including phenoxy) is 1. The molecule has 1 N–H and O–H groups in total. The number of nitrogens with zero attached hydrogens (tertiary/aromatic N) is 2. The number of cyclic esters (lactones) is 1. The molecule has 2 aliphatic rings. The van der Waals surface area contributed by atoms with E-state index in [0.717, 1.165) is 38.8 Å². The number of hydrogen-bond acceptors (Lipinski definition) is 6. The fraction of sp³-hybridized carbons (Fsp3) is 0.500. The number of fused-ring (bicyclic) bond motifs is 1. The zero-order valence-electron chi connectivity index (χ0n) is 19.9. The van der Waals surface area contributed by atoms with Crippen LogP contribution in [0.15, 0.2) is 35.5 Å². The Labute approximate surface area is 206 Å². The summed E-state index contributed by atoms with van der Waals surface area (Å²) in [6, 6.07) is 1.45. The van der Waals surface area contributed by atoms with Crippen LogP contribution in [0.4, 0.5) is 0 Å². The Morgan fingerprint density at radius 2 is 2.06 bits per heavy atom. The number of amides is 1. The lowest BCUT2D eigenvalue weighted by Crippen LogP contribution is -2.40. The summed E-state index contributed by atoms with van der Waals surface area (Å²) in [5, 5.41) is 14.6. The zero-order valence-corrected chi connectivity index (χ0v) is 20.6. The minimum atomic E-state index is -0.501. The fourth-order valence-corrected chi connectivity index (χ4v) is 4.43. The van der Waals surface area contributed by atoms with Crippen LogP contribution in [-0.2, 0) is 20.8 Å². The number of allylic oxidation sites excluding steroid dienone is 3. The Bertz CT molecular complexity index is 986. The SMILES string of the molecule is Cc1cc(O)c(Cl)c2c1C(=O)OCC/C=C/CC/C=C/C(=N\OCC(=O)N1CCCC(C)C1)C2. The van der Waals surface area contributed by atoms with Gasteiger partial charge in [0.1, 0.15) is 5.75 Å². The molecule has 0 aromatic heterocycles. The first-order chi connectivity index (χ1) is 16.4. The number of carbonyl (C=O) groups excluding carboxylic acids is 2. The molecule has 3 rings (SSSR count). The number of oxime groups is 1. The molecule has 184 valence electrons. The van der Waals surface area contributed by atoms with E-state index < -0.39 is 5.97 Å². The van der Waals surface area contributed by atoms with Crippen LogP contribution in [-0.4, -0.2) is 53.9 Å². The summed E-state index contributed by atoms with van der Waals surface area (Å²) in [4.78, 5) is 32.6. The molecule has 8 heteroatoms. The number of aromatic hydroxyl groups is 1. The van der Waals surface area contributed by atoms with Gasteiger partial charge in [-0.25, -0.2) is 4.79 Å². The van der Waals surface area contributed by atoms with E-state index in [0.29, 0.717) is 34.7 Å². The number of esters is 1. The fourth-order valence-electron chi connectivity index (χ4n) is 4.21. The molecule has 1 atom stereocenters. The average molecular weight is 489 g/mol. The van der Waals surface area contributed by atoms with Crippen LogP contribution >= 0.6 is 11.6 Å². The smallest absolute Gasteiger partial charge is 0.338 e. The maximum absolute atomic E-state index is 12.8. The van der Waals surface area contributed by atoms with Gasteiger partial charge in [0.05, 0.1) is 22.9 Å². The Balaban J connectivity index is 1.85. The van der Waals surface area contributed by atoms with E-state index in [1.54, 1.807) is 13.0 Å². The molecule has 2 aliphatic heterocycles. The Morgan fingerprint density at radius 3 is 2.85 bits per heavy atom. The highest BCUT2D eigenvalue weighted by molar-refractivity contribution is 6.33. The summed E-state index contributed by atoms with van der Waals surface area (Å²) in [5.74, 6) is -0.233. The largest absolute Gasteiger partial charge is 0.506 e. The third-order valence-electron chi connectivity index (χ3n) is 5.98. The summed E-state index contributed by atoms with van der Waals surface area (Å²) in [5.41, 5.74) is 1.77. The minimum Gasteiger partial charge on any atom is -0.506 e. The zero-order chi connectivity index (χ0) is 24.5. The van der Waals surface area contributed by atoms with Crippen molar-refractivity contribution in [2.75, 3.05) is 26.3 Å². The Morgan fingerprint density at radius 1 is 1.29 bits per heavy atom. The second kappa shape index (κ2) is 12.6. The molecule has 1 saturated heterocycles. The quantitative estimate of drug-likeness (QED) is 0.368. The number of phenols is 1. The van der Waals surface area contributed by atoms with Crippen molar-refractivity contribution >= 4 is 29.2 Å². The first kappa shape index (κ1) is 25.8. The summed E-state index contributed by atoms with van der Waals surface area (Å²) >= 11 is 6.42. The maximum Gasteiger partial charge on any atom is 0.338 e. The van der Waals surface area contributed by atoms with Crippen molar-refractivity contribution < 1.29 is 24.3 Å². The predicted molar refractivity (Wildman–Crippen MR) is 132 cm³/mol. The van der Waals surface area contributed by atoms with Crippen molar-refractivity contribution in [3.63, 3.8) is 0 Å². The normalized spacial score (nSPS) is 22.9. The summed E-state index contributed by atoms with van der Waals surface area (Å²) in [6.07, 6.45) is 12.3. The van der Waals surface area contributed by atoms with Gasteiger partial charge in [0.25, 0.3) is 5.91 Å². The highest BCUT2D eigenvalue weighted by atomic mass is 35.5. The molecule has 0 spiro atoms. The number of benzene rings is 1. The van der Waals surface area contributed by atoms with Gasteiger partial charge in [-0.3, -0.25) is 4.79 Å². The van der Waals surface area contributed by atoms with Crippen LogP contribution in [0.1, 0.15) is 60.5 Å². The molecule has 0 bridgehead atoms. The monoisotopic (exact) mass is 488 g/mol. The van der Waals surface area contributed by atoms with Crippen molar-refractivity contribution in [1.29, 1.82) is 0 Å². The van der Waals surface area contributed by atoms with Crippen molar-refractivity contribution in [3.05, 3.63) is 52.1 Å². The van der Waals surface area contributed by atoms with Crippen LogP contribution in [0.5, 0.6) is 5.75 Å². The maximum atomic E-state index is 12.8. The van der Waals surface area contributed by atoms with E-state index in [1.807, 2.05) is 23.1 Å². The van der Waals surface area contributed by atoms with E-state index >= 15 is 0 Å². The molecule has 7 nitrogen and oxygen atoms in total. The lowest BCUT2D eigenvalue weighted by atomic mass is 9.96. The van der Waals surface area contributed by atoms with E-state index in [9.17, 15) is 14.7 Å². The number of likely N-dealkylation sites (tertiary alicyclic amines) is 1. The molecule has 0 aliphatic carbocycles. The third kappa shape index (κ3) is 7.10. The van der Waals surface area contributed by atoms with Gasteiger partial charge in [-0.2, -0.15) is 0 Å². The first-order valence-corrected chi connectivity index (χ1v) is 12.2. The molecule has 1 unspecified atom stereocenters. The summed E-state index contributed by atoms with van der Waals surface area (Å²) in [6.45, 7) is 5.42. The molecule has 1 amide bonds. The topological polar surface area (TPSA) is 88.4 Å². The average Bonchev–Trinajstić information content (AvgIpc) is 2.80. The van der Waals surface area contributed by atoms with Gasteiger partial charge >= 0.3 is 5.97 Å². The Hall–Kier alpha value is -2.80. The standard InChI is InChI=1S/C26H33ClN2O5/c1-18-10-9-12-29(16-18)23(31)17-34-28-20-11-7-5-3-4-6-8-13-33-26(32)24-19(2)14-22(30)25(27)21(24)15-20/h4,6-7,11,14,18,30H,3,5,8-10,12-13,15-17H2,1-2H3/b6-4+,11-7+,28-20+. The second-order valence-corrected chi connectivity index (χ2v) is 9.25. The molecule has 0 radical (unpaired) electrons.